The molecule has 1 amide bonds. The molecule has 4 nitrogen and oxygen atoms in total. The molecule has 1 heterocycles. The van der Waals surface area contributed by atoms with Crippen LogP contribution in [0.2, 0.25) is 0 Å². The highest BCUT2D eigenvalue weighted by molar-refractivity contribution is 5.78. The van der Waals surface area contributed by atoms with Crippen molar-refractivity contribution in [2.24, 2.45) is 5.92 Å². The molecule has 1 aromatic heterocycles. The van der Waals surface area contributed by atoms with E-state index in [0.717, 1.165) is 23.7 Å². The maximum Gasteiger partial charge on any atom is 0.407 e. The fourth-order valence-electron chi connectivity index (χ4n) is 2.46. The number of fused-ring (bicyclic) bond motifs is 1. The summed E-state index contributed by atoms with van der Waals surface area (Å²) in [6.07, 6.45) is 3.46. The molecule has 0 bridgehead atoms. The van der Waals surface area contributed by atoms with E-state index in [1.54, 1.807) is 0 Å². The second kappa shape index (κ2) is 7.44. The lowest BCUT2D eigenvalue weighted by Gasteiger charge is -2.21. The van der Waals surface area contributed by atoms with Crippen molar-refractivity contribution < 1.29 is 9.53 Å². The quantitative estimate of drug-likeness (QED) is 0.893. The van der Waals surface area contributed by atoms with E-state index < -0.39 is 5.60 Å². The first-order chi connectivity index (χ1) is 10.9. The summed E-state index contributed by atoms with van der Waals surface area (Å²) in [6.45, 7) is 8.34. The molecule has 4 heteroatoms. The van der Waals surface area contributed by atoms with Gasteiger partial charge in [-0.3, -0.25) is 4.98 Å². The predicted molar refractivity (Wildman–Crippen MR) is 93.5 cm³/mol. The van der Waals surface area contributed by atoms with E-state index in [9.17, 15) is 4.79 Å². The van der Waals surface area contributed by atoms with E-state index in [0.29, 0.717) is 12.5 Å². The number of nitrogens with zero attached hydrogens (tertiary/aromatic N) is 1. The van der Waals surface area contributed by atoms with Crippen LogP contribution in [0.3, 0.4) is 0 Å². The van der Waals surface area contributed by atoms with Crippen molar-refractivity contribution in [3.8, 4) is 0 Å². The van der Waals surface area contributed by atoms with E-state index >= 15 is 0 Å². The van der Waals surface area contributed by atoms with E-state index in [1.165, 1.54) is 5.56 Å². The number of ether oxygens (including phenoxy) is 1. The van der Waals surface area contributed by atoms with Crippen LogP contribution in [0.5, 0.6) is 0 Å². The second-order valence-corrected chi connectivity index (χ2v) is 6.90. The zero-order valence-corrected chi connectivity index (χ0v) is 14.4. The number of carbonyl (C=O) groups is 1. The topological polar surface area (TPSA) is 51.2 Å². The molecule has 0 aliphatic heterocycles. The predicted octanol–water partition coefficient (Wildman–Crippen LogP) is 4.33. The van der Waals surface area contributed by atoms with Crippen molar-refractivity contribution in [1.82, 2.24) is 10.3 Å². The maximum absolute atomic E-state index is 11.8. The monoisotopic (exact) mass is 314 g/mol. The number of para-hydroxylation sites is 1. The molecule has 1 unspecified atom stereocenters. The molecular formula is C19H26N2O2. The molecule has 0 fully saturated rings. The molecule has 2 aromatic rings. The normalized spacial score (nSPS) is 12.9. The Hall–Kier alpha value is -2.10. The van der Waals surface area contributed by atoms with Gasteiger partial charge in [0.1, 0.15) is 5.60 Å². The number of hydrogen-bond acceptors (Lipinski definition) is 3. The molecule has 2 rings (SSSR count). The number of rotatable bonds is 5. The van der Waals surface area contributed by atoms with Crippen LogP contribution in [0.25, 0.3) is 10.9 Å². The van der Waals surface area contributed by atoms with Crippen LogP contribution in [0.4, 0.5) is 4.79 Å². The molecule has 1 atom stereocenters. The van der Waals surface area contributed by atoms with E-state index in [-0.39, 0.29) is 6.09 Å². The number of carbonyl (C=O) groups excluding carboxylic acids is 1. The van der Waals surface area contributed by atoms with Gasteiger partial charge in [-0.15, -0.1) is 0 Å². The number of amides is 1. The van der Waals surface area contributed by atoms with Gasteiger partial charge in [-0.2, -0.15) is 0 Å². The van der Waals surface area contributed by atoms with Gasteiger partial charge in [-0.1, -0.05) is 31.5 Å². The summed E-state index contributed by atoms with van der Waals surface area (Å²) in [4.78, 5) is 16.3. The minimum absolute atomic E-state index is 0.354. The van der Waals surface area contributed by atoms with Gasteiger partial charge in [0, 0.05) is 18.1 Å². The zero-order chi connectivity index (χ0) is 16.9. The van der Waals surface area contributed by atoms with Crippen molar-refractivity contribution in [3.05, 3.63) is 42.1 Å². The molecule has 0 saturated heterocycles. The Bertz CT molecular complexity index is 662. The van der Waals surface area contributed by atoms with Gasteiger partial charge in [0.25, 0.3) is 0 Å². The van der Waals surface area contributed by atoms with Crippen LogP contribution in [-0.2, 0) is 11.2 Å². The molecule has 1 aromatic carbocycles. The standard InChI is InChI=1S/C19H26N2O2/c1-5-14(12-21-18(22)23-19(2,3)4)10-15-11-16-8-6-7-9-17(16)20-13-15/h6-9,11,13-14H,5,10,12H2,1-4H3,(H,21,22). The molecule has 0 spiro atoms. The number of alkyl carbamates (subject to hydrolysis) is 1. The summed E-state index contributed by atoms with van der Waals surface area (Å²) in [6, 6.07) is 10.3. The van der Waals surface area contributed by atoms with Crippen molar-refractivity contribution >= 4 is 17.0 Å². The zero-order valence-electron chi connectivity index (χ0n) is 14.4. The van der Waals surface area contributed by atoms with E-state index in [1.807, 2.05) is 45.2 Å². The lowest BCUT2D eigenvalue weighted by Crippen LogP contribution is -2.35. The van der Waals surface area contributed by atoms with Crippen LogP contribution in [-0.4, -0.2) is 23.2 Å². The minimum Gasteiger partial charge on any atom is -0.444 e. The first-order valence-electron chi connectivity index (χ1n) is 8.18. The van der Waals surface area contributed by atoms with Gasteiger partial charge in [-0.05, 0) is 50.8 Å². The Balaban J connectivity index is 1.94. The minimum atomic E-state index is -0.464. The van der Waals surface area contributed by atoms with E-state index in [4.69, 9.17) is 4.74 Å². The molecule has 1 N–H and O–H groups in total. The summed E-state index contributed by atoms with van der Waals surface area (Å²) in [5.74, 6) is 0.366. The summed E-state index contributed by atoms with van der Waals surface area (Å²) >= 11 is 0. The Labute approximate surface area is 138 Å². The van der Waals surface area contributed by atoms with Crippen molar-refractivity contribution in [3.63, 3.8) is 0 Å². The Morgan fingerprint density at radius 3 is 2.74 bits per heavy atom. The molecule has 0 aliphatic carbocycles. The van der Waals surface area contributed by atoms with Gasteiger partial charge in [0.15, 0.2) is 0 Å². The van der Waals surface area contributed by atoms with Gasteiger partial charge in [-0.25, -0.2) is 4.79 Å². The molecule has 0 saturated carbocycles. The van der Waals surface area contributed by atoms with Gasteiger partial charge in [0.05, 0.1) is 5.52 Å². The first-order valence-corrected chi connectivity index (χ1v) is 8.18. The molecule has 23 heavy (non-hydrogen) atoms. The second-order valence-electron chi connectivity index (χ2n) is 6.90. The van der Waals surface area contributed by atoms with Gasteiger partial charge < -0.3 is 10.1 Å². The average Bonchev–Trinajstić information content (AvgIpc) is 2.49. The fraction of sp³-hybridized carbons (Fsp3) is 0.474. The van der Waals surface area contributed by atoms with Crippen molar-refractivity contribution in [1.29, 1.82) is 0 Å². The SMILES string of the molecule is CCC(CNC(=O)OC(C)(C)C)Cc1cnc2ccccc2c1. The number of aromatic nitrogens is 1. The third kappa shape index (κ3) is 5.55. The summed E-state index contributed by atoms with van der Waals surface area (Å²) in [7, 11) is 0. The van der Waals surface area contributed by atoms with Crippen LogP contribution >= 0.6 is 0 Å². The van der Waals surface area contributed by atoms with Crippen LogP contribution in [0.15, 0.2) is 36.5 Å². The largest absolute Gasteiger partial charge is 0.444 e. The Morgan fingerprint density at radius 2 is 2.04 bits per heavy atom. The highest BCUT2D eigenvalue weighted by atomic mass is 16.6. The smallest absolute Gasteiger partial charge is 0.407 e. The fourth-order valence-corrected chi connectivity index (χ4v) is 2.46. The Morgan fingerprint density at radius 1 is 1.30 bits per heavy atom. The Kier molecular flexibility index (Phi) is 5.59. The third-order valence-corrected chi connectivity index (χ3v) is 3.68. The highest BCUT2D eigenvalue weighted by Crippen LogP contribution is 2.17. The number of hydrogen-bond donors (Lipinski definition) is 1. The number of nitrogens with one attached hydrogen (secondary N) is 1. The van der Waals surface area contributed by atoms with Crippen LogP contribution in [0, 0.1) is 5.92 Å². The van der Waals surface area contributed by atoms with Crippen LogP contribution in [0.1, 0.15) is 39.7 Å². The lowest BCUT2D eigenvalue weighted by molar-refractivity contribution is 0.0518. The van der Waals surface area contributed by atoms with Gasteiger partial charge >= 0.3 is 6.09 Å². The summed E-state index contributed by atoms with van der Waals surface area (Å²) in [5.41, 5.74) is 1.74. The van der Waals surface area contributed by atoms with Gasteiger partial charge in [0.2, 0.25) is 0 Å². The van der Waals surface area contributed by atoms with E-state index in [2.05, 4.69) is 29.4 Å². The molecule has 0 aliphatic rings. The molecular weight excluding hydrogens is 288 g/mol. The lowest BCUT2D eigenvalue weighted by atomic mass is 9.97. The van der Waals surface area contributed by atoms with Crippen molar-refractivity contribution in [2.75, 3.05) is 6.54 Å². The summed E-state index contributed by atoms with van der Waals surface area (Å²) in [5, 5.41) is 4.02. The average molecular weight is 314 g/mol. The molecule has 0 radical (unpaired) electrons. The first kappa shape index (κ1) is 17.3. The maximum atomic E-state index is 11.8. The third-order valence-electron chi connectivity index (χ3n) is 3.68. The number of benzene rings is 1. The van der Waals surface area contributed by atoms with Crippen molar-refractivity contribution in [2.45, 2.75) is 46.1 Å². The number of pyridine rings is 1. The highest BCUT2D eigenvalue weighted by Gasteiger charge is 2.17. The van der Waals surface area contributed by atoms with Crippen LogP contribution < -0.4 is 5.32 Å². The summed E-state index contributed by atoms with van der Waals surface area (Å²) < 4.78 is 5.28. The molecule has 124 valence electrons.